The van der Waals surface area contributed by atoms with Gasteiger partial charge in [0.15, 0.2) is 0 Å². The van der Waals surface area contributed by atoms with Crippen LogP contribution in [0.3, 0.4) is 0 Å². The number of carbonyl (C=O) groups is 1. The van der Waals surface area contributed by atoms with Crippen molar-refractivity contribution < 1.29 is 4.79 Å². The molecule has 0 saturated heterocycles. The van der Waals surface area contributed by atoms with Crippen LogP contribution in [0.5, 0.6) is 0 Å². The number of aryl methyl sites for hydroxylation is 1. The molecule has 1 amide bonds. The van der Waals surface area contributed by atoms with Crippen molar-refractivity contribution in [2.24, 2.45) is 5.73 Å². The van der Waals surface area contributed by atoms with Gasteiger partial charge in [-0.3, -0.25) is 4.79 Å². The monoisotopic (exact) mass is 246 g/mol. The summed E-state index contributed by atoms with van der Waals surface area (Å²) >= 11 is 0. The average molecular weight is 246 g/mol. The van der Waals surface area contributed by atoms with Crippen molar-refractivity contribution in [3.63, 3.8) is 0 Å². The molecule has 1 saturated carbocycles. The van der Waals surface area contributed by atoms with Gasteiger partial charge in [-0.15, -0.1) is 0 Å². The van der Waals surface area contributed by atoms with E-state index in [1.54, 1.807) is 0 Å². The van der Waals surface area contributed by atoms with Crippen LogP contribution in [0.25, 0.3) is 0 Å². The normalized spacial score (nSPS) is 17.7. The van der Waals surface area contributed by atoms with Crippen LogP contribution in [0.15, 0.2) is 24.3 Å². The number of nitrogens with one attached hydrogen (secondary N) is 1. The number of amides is 1. The Bertz CT molecular complexity index is 405. The van der Waals surface area contributed by atoms with Crippen molar-refractivity contribution in [3.05, 3.63) is 35.4 Å². The molecule has 1 aliphatic rings. The molecule has 1 aliphatic carbocycles. The van der Waals surface area contributed by atoms with Crippen molar-refractivity contribution >= 4 is 5.91 Å². The first-order valence-electron chi connectivity index (χ1n) is 6.70. The van der Waals surface area contributed by atoms with Crippen LogP contribution in [-0.2, 0) is 11.2 Å². The molecule has 3 N–H and O–H groups in total. The minimum Gasteiger partial charge on any atom is -0.349 e. The Morgan fingerprint density at radius 1 is 1.28 bits per heavy atom. The first-order chi connectivity index (χ1) is 8.63. The minimum atomic E-state index is -0.137. The summed E-state index contributed by atoms with van der Waals surface area (Å²) in [5, 5.41) is 3.14. The highest BCUT2D eigenvalue weighted by Gasteiger charge is 2.33. The summed E-state index contributed by atoms with van der Waals surface area (Å²) in [4.78, 5) is 12.1. The Morgan fingerprint density at radius 3 is 2.44 bits per heavy atom. The van der Waals surface area contributed by atoms with Crippen LogP contribution in [0.2, 0.25) is 0 Å². The number of rotatable bonds is 4. The summed E-state index contributed by atoms with van der Waals surface area (Å²) in [6, 6.07) is 8.10. The van der Waals surface area contributed by atoms with Crippen LogP contribution < -0.4 is 11.1 Å². The van der Waals surface area contributed by atoms with Crippen molar-refractivity contribution in [2.45, 2.75) is 44.6 Å². The SMILES string of the molecule is Cc1ccc(CC(=O)NC2(CN)CCCC2)cc1. The Balaban J connectivity index is 1.94. The van der Waals surface area contributed by atoms with Crippen LogP contribution in [0.1, 0.15) is 36.8 Å². The third-order valence-electron chi connectivity index (χ3n) is 3.84. The number of hydrogen-bond donors (Lipinski definition) is 2. The van der Waals surface area contributed by atoms with E-state index in [0.717, 1.165) is 18.4 Å². The fourth-order valence-electron chi connectivity index (χ4n) is 2.66. The summed E-state index contributed by atoms with van der Waals surface area (Å²) in [5.74, 6) is 0.0891. The van der Waals surface area contributed by atoms with Gasteiger partial charge in [-0.1, -0.05) is 42.7 Å². The first kappa shape index (κ1) is 13.1. The van der Waals surface area contributed by atoms with Crippen LogP contribution >= 0.6 is 0 Å². The highest BCUT2D eigenvalue weighted by Crippen LogP contribution is 2.28. The molecule has 1 aromatic carbocycles. The predicted molar refractivity (Wildman–Crippen MR) is 73.3 cm³/mol. The molecule has 0 radical (unpaired) electrons. The zero-order valence-electron chi connectivity index (χ0n) is 11.0. The van der Waals surface area contributed by atoms with Crippen molar-refractivity contribution in [3.8, 4) is 0 Å². The van der Waals surface area contributed by atoms with E-state index in [9.17, 15) is 4.79 Å². The van der Waals surface area contributed by atoms with Crippen LogP contribution in [-0.4, -0.2) is 18.0 Å². The van der Waals surface area contributed by atoms with E-state index in [0.29, 0.717) is 13.0 Å². The lowest BCUT2D eigenvalue weighted by Crippen LogP contribution is -2.52. The highest BCUT2D eigenvalue weighted by molar-refractivity contribution is 5.79. The third-order valence-corrected chi connectivity index (χ3v) is 3.84. The molecular formula is C15H22N2O. The second-order valence-corrected chi connectivity index (χ2v) is 5.40. The lowest BCUT2D eigenvalue weighted by Gasteiger charge is -2.28. The largest absolute Gasteiger partial charge is 0.349 e. The molecule has 1 aromatic rings. The summed E-state index contributed by atoms with van der Waals surface area (Å²) < 4.78 is 0. The maximum atomic E-state index is 12.1. The van der Waals surface area contributed by atoms with Gasteiger partial charge < -0.3 is 11.1 Å². The van der Waals surface area contributed by atoms with E-state index >= 15 is 0 Å². The molecule has 18 heavy (non-hydrogen) atoms. The number of hydrogen-bond acceptors (Lipinski definition) is 2. The van der Waals surface area contributed by atoms with Gasteiger partial charge >= 0.3 is 0 Å². The molecular weight excluding hydrogens is 224 g/mol. The van der Waals surface area contributed by atoms with Gasteiger partial charge in [-0.05, 0) is 25.3 Å². The summed E-state index contributed by atoms with van der Waals surface area (Å²) in [6.45, 7) is 2.60. The number of benzene rings is 1. The van der Waals surface area contributed by atoms with E-state index < -0.39 is 0 Å². The lowest BCUT2D eigenvalue weighted by molar-refractivity contribution is -0.122. The summed E-state index contributed by atoms with van der Waals surface area (Å²) in [7, 11) is 0. The minimum absolute atomic E-state index is 0.0891. The van der Waals surface area contributed by atoms with E-state index in [1.807, 2.05) is 31.2 Å². The van der Waals surface area contributed by atoms with Crippen LogP contribution in [0.4, 0.5) is 0 Å². The van der Waals surface area contributed by atoms with Gasteiger partial charge in [0.2, 0.25) is 5.91 Å². The maximum absolute atomic E-state index is 12.1. The van der Waals surface area contributed by atoms with Crippen molar-refractivity contribution in [2.75, 3.05) is 6.54 Å². The van der Waals surface area contributed by atoms with Gasteiger partial charge in [-0.25, -0.2) is 0 Å². The summed E-state index contributed by atoms with van der Waals surface area (Å²) in [5.41, 5.74) is 7.95. The summed E-state index contributed by atoms with van der Waals surface area (Å²) in [6.07, 6.45) is 4.82. The van der Waals surface area contributed by atoms with Gasteiger partial charge in [0.1, 0.15) is 0 Å². The Hall–Kier alpha value is -1.35. The number of nitrogens with two attached hydrogens (primary N) is 1. The molecule has 0 aliphatic heterocycles. The third kappa shape index (κ3) is 3.10. The predicted octanol–water partition coefficient (Wildman–Crippen LogP) is 1.93. The second-order valence-electron chi connectivity index (χ2n) is 5.40. The van der Waals surface area contributed by atoms with Gasteiger partial charge in [0.05, 0.1) is 12.0 Å². The quantitative estimate of drug-likeness (QED) is 0.853. The zero-order valence-corrected chi connectivity index (χ0v) is 11.0. The molecule has 3 heteroatoms. The van der Waals surface area contributed by atoms with Crippen molar-refractivity contribution in [1.82, 2.24) is 5.32 Å². The zero-order chi connectivity index (χ0) is 13.0. The van der Waals surface area contributed by atoms with Gasteiger partial charge in [0, 0.05) is 6.54 Å². The van der Waals surface area contributed by atoms with E-state index in [-0.39, 0.29) is 11.4 Å². The van der Waals surface area contributed by atoms with Crippen molar-refractivity contribution in [1.29, 1.82) is 0 Å². The first-order valence-corrected chi connectivity index (χ1v) is 6.70. The van der Waals surface area contributed by atoms with Gasteiger partial charge in [0.25, 0.3) is 0 Å². The topological polar surface area (TPSA) is 55.1 Å². The maximum Gasteiger partial charge on any atom is 0.224 e. The molecule has 1 fully saturated rings. The number of carbonyl (C=O) groups excluding carboxylic acids is 1. The van der Waals surface area contributed by atoms with Gasteiger partial charge in [-0.2, -0.15) is 0 Å². The molecule has 0 aromatic heterocycles. The molecule has 0 heterocycles. The van der Waals surface area contributed by atoms with E-state index in [1.165, 1.54) is 18.4 Å². The highest BCUT2D eigenvalue weighted by atomic mass is 16.1. The fraction of sp³-hybridized carbons (Fsp3) is 0.533. The van der Waals surface area contributed by atoms with E-state index in [2.05, 4.69) is 5.32 Å². The Morgan fingerprint density at radius 2 is 1.89 bits per heavy atom. The molecule has 0 atom stereocenters. The Kier molecular flexibility index (Phi) is 4.02. The lowest BCUT2D eigenvalue weighted by atomic mass is 9.97. The Labute approximate surface area is 109 Å². The molecule has 98 valence electrons. The fourth-order valence-corrected chi connectivity index (χ4v) is 2.66. The average Bonchev–Trinajstić information content (AvgIpc) is 2.81. The standard InChI is InChI=1S/C15H22N2O/c1-12-4-6-13(7-5-12)10-14(18)17-15(11-16)8-2-3-9-15/h4-7H,2-3,8-11,16H2,1H3,(H,17,18). The molecule has 2 rings (SSSR count). The molecule has 0 spiro atoms. The van der Waals surface area contributed by atoms with E-state index in [4.69, 9.17) is 5.73 Å². The molecule has 0 bridgehead atoms. The molecule has 0 unspecified atom stereocenters. The van der Waals surface area contributed by atoms with Crippen LogP contribution in [0, 0.1) is 6.92 Å². The molecule has 3 nitrogen and oxygen atoms in total. The second kappa shape index (κ2) is 5.53. The smallest absolute Gasteiger partial charge is 0.224 e.